The van der Waals surface area contributed by atoms with Gasteiger partial charge in [0.15, 0.2) is 0 Å². The topological polar surface area (TPSA) is 131 Å². The van der Waals surface area contributed by atoms with Gasteiger partial charge in [0.1, 0.15) is 5.75 Å². The van der Waals surface area contributed by atoms with Crippen LogP contribution in [0.4, 0.5) is 4.79 Å². The third-order valence-electron chi connectivity index (χ3n) is 7.74. The number of carboxylic acid groups (broad SMARTS) is 1. The van der Waals surface area contributed by atoms with Crippen LogP contribution in [0.3, 0.4) is 0 Å². The molecule has 1 saturated heterocycles. The molecule has 256 valence electrons. The largest absolute Gasteiger partial charge is 0.497 e. The number of ether oxygens (including phenoxy) is 2. The number of carboxylic acids is 1. The summed E-state index contributed by atoms with van der Waals surface area (Å²) in [6.45, 7) is 6.16. The van der Waals surface area contributed by atoms with E-state index in [0.717, 1.165) is 25.9 Å². The van der Waals surface area contributed by atoms with Crippen LogP contribution in [0, 0.1) is 6.92 Å². The number of esters is 1. The van der Waals surface area contributed by atoms with E-state index in [1.807, 2.05) is 14.1 Å². The van der Waals surface area contributed by atoms with E-state index < -0.39 is 5.97 Å². The number of amides is 2. The maximum Gasteiger partial charge on any atom is 0.338 e. The second kappa shape index (κ2) is 18.4. The molecule has 3 heterocycles. The van der Waals surface area contributed by atoms with Crippen LogP contribution in [0.15, 0.2) is 67.0 Å². The highest BCUT2D eigenvalue weighted by Gasteiger charge is 2.22. The highest BCUT2D eigenvalue weighted by atomic mass is 35.5. The fourth-order valence-electron chi connectivity index (χ4n) is 4.99. The first-order valence-corrected chi connectivity index (χ1v) is 16.1. The van der Waals surface area contributed by atoms with Crippen molar-refractivity contribution in [2.45, 2.75) is 46.0 Å². The van der Waals surface area contributed by atoms with Crippen molar-refractivity contribution in [3.05, 3.63) is 94.4 Å². The number of benzene rings is 2. The summed E-state index contributed by atoms with van der Waals surface area (Å²) in [5.41, 5.74) is 2.89. The lowest BCUT2D eigenvalue weighted by Gasteiger charge is -2.08. The average Bonchev–Trinajstić information content (AvgIpc) is 3.53. The number of likely N-dealkylation sites (N-methyl/N-ethyl adjacent to an activating group) is 2. The van der Waals surface area contributed by atoms with Gasteiger partial charge in [0, 0.05) is 61.2 Å². The number of methoxy groups -OCH3 is 1. The minimum absolute atomic E-state index is 0.130. The van der Waals surface area contributed by atoms with E-state index in [1.165, 1.54) is 17.4 Å². The number of rotatable bonds is 10. The van der Waals surface area contributed by atoms with E-state index in [9.17, 15) is 24.3 Å². The number of pyridine rings is 1. The van der Waals surface area contributed by atoms with Crippen molar-refractivity contribution in [3.8, 4) is 5.75 Å². The number of hydrogen-bond donors (Lipinski definition) is 1. The molecule has 5 rings (SSSR count). The van der Waals surface area contributed by atoms with Gasteiger partial charge in [-0.05, 0) is 73.5 Å². The Balaban J connectivity index is 0.000000229. The van der Waals surface area contributed by atoms with Gasteiger partial charge in [0.25, 0.3) is 5.91 Å². The predicted octanol–water partition coefficient (Wildman–Crippen LogP) is 6.73. The highest BCUT2D eigenvalue weighted by molar-refractivity contribution is 6.30. The Kier molecular flexibility index (Phi) is 14.4. The minimum atomic E-state index is -0.955. The lowest BCUT2D eigenvalue weighted by molar-refractivity contribution is -0.136. The van der Waals surface area contributed by atoms with Crippen molar-refractivity contribution in [1.29, 1.82) is 0 Å². The summed E-state index contributed by atoms with van der Waals surface area (Å²) in [7, 11) is 5.17. The molecular weight excluding hydrogens is 636 g/mol. The van der Waals surface area contributed by atoms with Crippen LogP contribution in [0.1, 0.15) is 64.6 Å². The summed E-state index contributed by atoms with van der Waals surface area (Å²) in [4.78, 5) is 53.7. The van der Waals surface area contributed by atoms with Crippen LogP contribution >= 0.6 is 11.6 Å². The molecule has 0 bridgehead atoms. The van der Waals surface area contributed by atoms with Gasteiger partial charge >= 0.3 is 18.0 Å². The molecule has 11 nitrogen and oxygen atoms in total. The van der Waals surface area contributed by atoms with Crippen molar-refractivity contribution >= 4 is 46.4 Å². The SMILES string of the molecule is CCCCCCOC(=O)c1ccncc1.CN1CCN(C)C1=O.COc1ccc2c(c1)c(CC(=O)O)c(C)n2C(=O)c1ccc(Cl)cc1. The molecule has 48 heavy (non-hydrogen) atoms. The molecule has 0 aliphatic carbocycles. The van der Waals surface area contributed by atoms with Crippen LogP contribution in [-0.2, 0) is 16.0 Å². The Morgan fingerprint density at radius 3 is 2.10 bits per heavy atom. The summed E-state index contributed by atoms with van der Waals surface area (Å²) in [5.74, 6) is -0.839. The molecule has 1 aliphatic heterocycles. The van der Waals surface area contributed by atoms with Crippen LogP contribution in [0.25, 0.3) is 10.9 Å². The van der Waals surface area contributed by atoms with Gasteiger partial charge in [-0.25, -0.2) is 9.59 Å². The normalized spacial score (nSPS) is 12.2. The third kappa shape index (κ3) is 10.3. The number of halogens is 1. The summed E-state index contributed by atoms with van der Waals surface area (Å²) < 4.78 is 11.9. The highest BCUT2D eigenvalue weighted by Crippen LogP contribution is 2.31. The quantitative estimate of drug-likeness (QED) is 0.144. The van der Waals surface area contributed by atoms with Gasteiger partial charge in [0.05, 0.1) is 31.2 Å². The first-order chi connectivity index (χ1) is 23.0. The Hall–Kier alpha value is -4.90. The number of aromatic nitrogens is 2. The first-order valence-electron chi connectivity index (χ1n) is 15.7. The van der Waals surface area contributed by atoms with E-state index in [1.54, 1.807) is 90.8 Å². The van der Waals surface area contributed by atoms with E-state index in [0.29, 0.717) is 50.7 Å². The molecule has 2 amide bonds. The van der Waals surface area contributed by atoms with E-state index in [-0.39, 0.29) is 24.3 Å². The molecule has 0 unspecified atom stereocenters. The second-order valence-corrected chi connectivity index (χ2v) is 11.7. The number of urea groups is 1. The van der Waals surface area contributed by atoms with E-state index >= 15 is 0 Å². The number of aliphatic carboxylic acids is 1. The zero-order chi connectivity index (χ0) is 35.2. The molecule has 2 aromatic carbocycles. The zero-order valence-electron chi connectivity index (χ0n) is 28.1. The number of fused-ring (bicyclic) bond motifs is 1. The van der Waals surface area contributed by atoms with Crippen molar-refractivity contribution in [3.63, 3.8) is 0 Å². The average molecular weight is 679 g/mol. The van der Waals surface area contributed by atoms with Crippen LogP contribution in [0.5, 0.6) is 5.75 Å². The molecular formula is C36H43ClN4O7. The van der Waals surface area contributed by atoms with Crippen LogP contribution < -0.4 is 4.74 Å². The van der Waals surface area contributed by atoms with Gasteiger partial charge < -0.3 is 24.4 Å². The number of carbonyl (C=O) groups excluding carboxylic acids is 3. The smallest absolute Gasteiger partial charge is 0.338 e. The molecule has 4 aromatic rings. The molecule has 2 aromatic heterocycles. The van der Waals surface area contributed by atoms with Crippen molar-refractivity contribution in [2.75, 3.05) is 40.9 Å². The number of hydrogen-bond acceptors (Lipinski definition) is 7. The zero-order valence-corrected chi connectivity index (χ0v) is 28.8. The Labute approximate surface area is 286 Å². The van der Waals surface area contributed by atoms with E-state index in [2.05, 4.69) is 11.9 Å². The molecule has 1 fully saturated rings. The fourth-order valence-corrected chi connectivity index (χ4v) is 5.12. The monoisotopic (exact) mass is 678 g/mol. The molecule has 12 heteroatoms. The van der Waals surface area contributed by atoms with Crippen molar-refractivity contribution < 1.29 is 33.8 Å². The summed E-state index contributed by atoms with van der Waals surface area (Å²) in [5, 5.41) is 10.5. The fraction of sp³-hybridized carbons (Fsp3) is 0.361. The van der Waals surface area contributed by atoms with Gasteiger partial charge in [-0.3, -0.25) is 19.1 Å². The summed E-state index contributed by atoms with van der Waals surface area (Å²) in [6.07, 6.45) is 7.48. The Morgan fingerprint density at radius 2 is 1.56 bits per heavy atom. The van der Waals surface area contributed by atoms with Crippen molar-refractivity contribution in [2.24, 2.45) is 0 Å². The maximum atomic E-state index is 13.0. The minimum Gasteiger partial charge on any atom is -0.497 e. The van der Waals surface area contributed by atoms with Gasteiger partial charge in [-0.2, -0.15) is 0 Å². The molecule has 1 aliphatic rings. The Morgan fingerprint density at radius 1 is 0.917 bits per heavy atom. The van der Waals surface area contributed by atoms with Gasteiger partial charge in [-0.15, -0.1) is 0 Å². The predicted molar refractivity (Wildman–Crippen MR) is 185 cm³/mol. The Bertz CT molecular complexity index is 1680. The lowest BCUT2D eigenvalue weighted by atomic mass is 10.1. The summed E-state index contributed by atoms with van der Waals surface area (Å²) in [6, 6.07) is 15.3. The standard InChI is InChI=1S/C19H16ClNO4.C12H17NO2.C5H10N2O/c1-11-15(10-18(22)23)16-9-14(25-2)7-8-17(16)21(11)19(24)12-3-5-13(20)6-4-12;1-2-3-4-5-10-15-12(14)11-6-8-13-9-7-11;1-6-3-4-7(2)5(6)8/h3-9H,10H2,1-2H3,(H,22,23);6-9H,2-5,10H2,1H3;3-4H2,1-2H3. The van der Waals surface area contributed by atoms with Crippen molar-refractivity contribution in [1.82, 2.24) is 19.4 Å². The third-order valence-corrected chi connectivity index (χ3v) is 7.99. The van der Waals surface area contributed by atoms with Gasteiger partial charge in [-0.1, -0.05) is 37.8 Å². The van der Waals surface area contributed by atoms with E-state index in [4.69, 9.17) is 21.1 Å². The second-order valence-electron chi connectivity index (χ2n) is 11.2. The van der Waals surface area contributed by atoms with Crippen LogP contribution in [-0.4, -0.2) is 89.2 Å². The molecule has 0 spiro atoms. The molecule has 0 saturated carbocycles. The molecule has 0 atom stereocenters. The first kappa shape index (κ1) is 37.6. The maximum absolute atomic E-state index is 13.0. The molecule has 1 N–H and O–H groups in total. The lowest BCUT2D eigenvalue weighted by Crippen LogP contribution is -2.25. The number of carbonyl (C=O) groups is 4. The summed E-state index contributed by atoms with van der Waals surface area (Å²) >= 11 is 5.89. The molecule has 0 radical (unpaired) electrons. The van der Waals surface area contributed by atoms with Gasteiger partial charge in [0.2, 0.25) is 0 Å². The number of nitrogens with zero attached hydrogens (tertiary/aromatic N) is 4. The number of unbranched alkanes of at least 4 members (excludes halogenated alkanes) is 3. The van der Waals surface area contributed by atoms with Crippen LogP contribution in [0.2, 0.25) is 5.02 Å².